The predicted molar refractivity (Wildman–Crippen MR) is 30.3 cm³/mol. The summed E-state index contributed by atoms with van der Waals surface area (Å²) in [6.07, 6.45) is 0. The van der Waals surface area contributed by atoms with Gasteiger partial charge in [0, 0.05) is 26.1 Å². The van der Waals surface area contributed by atoms with E-state index in [2.05, 4.69) is 6.07 Å². The molecule has 0 aliphatic heterocycles. The fourth-order valence-electron chi connectivity index (χ4n) is 0.371. The molecule has 1 rings (SSSR count). The van der Waals surface area contributed by atoms with Crippen molar-refractivity contribution < 1.29 is 21.1 Å². The second kappa shape index (κ2) is 4.11. The monoisotopic (exact) mass is 306 g/mol. The Balaban J connectivity index is 0.000000490. The van der Waals surface area contributed by atoms with Crippen molar-refractivity contribution in [3.63, 3.8) is 0 Å². The minimum Gasteiger partial charge on any atom is -0.0843 e. The van der Waals surface area contributed by atoms with Crippen LogP contribution in [0.1, 0.15) is 0 Å². The van der Waals surface area contributed by atoms with Crippen LogP contribution in [0, 0.1) is 6.07 Å². The van der Waals surface area contributed by atoms with Gasteiger partial charge in [0.2, 0.25) is 0 Å². The summed E-state index contributed by atoms with van der Waals surface area (Å²) < 4.78 is 0. The van der Waals surface area contributed by atoms with Crippen LogP contribution in [0.2, 0.25) is 5.02 Å². The Hall–Kier alpha value is 0.198. The first-order chi connectivity index (χ1) is 3.39. The summed E-state index contributed by atoms with van der Waals surface area (Å²) in [5.41, 5.74) is 0. The topological polar surface area (TPSA) is 0 Å². The van der Waals surface area contributed by atoms with E-state index in [4.69, 9.17) is 11.6 Å². The molecule has 0 bridgehead atoms. The Morgan fingerprint density at radius 1 is 1.50 bits per heavy atom. The molecule has 0 N–H and O–H groups in total. The molecule has 0 aliphatic rings. The molecule has 0 atom stereocenters. The van der Waals surface area contributed by atoms with Crippen LogP contribution in [0.15, 0.2) is 24.3 Å². The van der Waals surface area contributed by atoms with Crippen LogP contribution >= 0.6 is 11.6 Å². The van der Waals surface area contributed by atoms with Crippen LogP contribution in [0.25, 0.3) is 0 Å². The maximum absolute atomic E-state index is 5.51. The summed E-state index contributed by atoms with van der Waals surface area (Å²) in [5, 5.41) is 0.738. The van der Waals surface area contributed by atoms with E-state index in [-0.39, 0.29) is 21.1 Å². The normalized spacial score (nSPS) is 7.62. The second-order valence-electron chi connectivity index (χ2n) is 1.22. The van der Waals surface area contributed by atoms with E-state index < -0.39 is 0 Å². The molecule has 0 aromatic heterocycles. The van der Waals surface area contributed by atoms with E-state index in [1.54, 1.807) is 6.07 Å². The van der Waals surface area contributed by atoms with E-state index in [1.807, 2.05) is 18.2 Å². The minimum absolute atomic E-state index is 0. The maximum atomic E-state index is 5.51. The summed E-state index contributed by atoms with van der Waals surface area (Å²) >= 11 is 5.51. The van der Waals surface area contributed by atoms with Crippen molar-refractivity contribution in [1.29, 1.82) is 0 Å². The average Bonchev–Trinajstić information content (AvgIpc) is 1.69. The smallest absolute Gasteiger partial charge is 0.0412 e. The van der Waals surface area contributed by atoms with Gasteiger partial charge in [-0.1, -0.05) is 23.7 Å². The molecule has 0 spiro atoms. The van der Waals surface area contributed by atoms with Crippen molar-refractivity contribution in [1.82, 2.24) is 0 Å². The van der Waals surface area contributed by atoms with E-state index >= 15 is 0 Å². The van der Waals surface area contributed by atoms with Crippen molar-refractivity contribution in [3.8, 4) is 0 Å². The summed E-state index contributed by atoms with van der Waals surface area (Å²) in [6.45, 7) is 0. The first-order valence-corrected chi connectivity index (χ1v) is 2.39. The van der Waals surface area contributed by atoms with Crippen LogP contribution in [-0.4, -0.2) is 0 Å². The second-order valence-corrected chi connectivity index (χ2v) is 1.66. The number of hydrogen-bond donors (Lipinski definition) is 0. The molecule has 8 heavy (non-hydrogen) atoms. The zero-order valence-electron chi connectivity index (χ0n) is 4.00. The number of benzene rings is 1. The van der Waals surface area contributed by atoms with Gasteiger partial charge in [-0.3, -0.25) is 0 Å². The fourth-order valence-corrected chi connectivity index (χ4v) is 0.507. The summed E-state index contributed by atoms with van der Waals surface area (Å²) in [4.78, 5) is 0. The molecule has 0 heterocycles. The molecule has 0 saturated carbocycles. The van der Waals surface area contributed by atoms with E-state index in [0.29, 0.717) is 0 Å². The Morgan fingerprint density at radius 3 is 2.50 bits per heavy atom. The van der Waals surface area contributed by atoms with E-state index in [9.17, 15) is 0 Å². The molecule has 0 nitrogen and oxygen atoms in total. The molecule has 2 heteroatoms. The SMILES string of the molecule is Clc1c[c]ccc1.[Pt]. The van der Waals surface area contributed by atoms with Crippen molar-refractivity contribution in [3.05, 3.63) is 35.4 Å². The van der Waals surface area contributed by atoms with Crippen LogP contribution in [0.4, 0.5) is 0 Å². The number of halogens is 1. The third kappa shape index (κ3) is 2.49. The molecule has 1 aromatic rings. The zero-order valence-corrected chi connectivity index (χ0v) is 7.03. The molecule has 0 amide bonds. The molecule has 1 aromatic carbocycles. The Labute approximate surface area is 68.1 Å². The van der Waals surface area contributed by atoms with Gasteiger partial charge in [-0.25, -0.2) is 0 Å². The van der Waals surface area contributed by atoms with Gasteiger partial charge in [0.1, 0.15) is 0 Å². The number of hydrogen-bond acceptors (Lipinski definition) is 0. The molecule has 0 saturated heterocycles. The van der Waals surface area contributed by atoms with Gasteiger partial charge in [0.15, 0.2) is 0 Å². The van der Waals surface area contributed by atoms with Gasteiger partial charge in [0.25, 0.3) is 0 Å². The van der Waals surface area contributed by atoms with Gasteiger partial charge < -0.3 is 0 Å². The molecule has 0 fully saturated rings. The van der Waals surface area contributed by atoms with Crippen molar-refractivity contribution in [2.45, 2.75) is 0 Å². The van der Waals surface area contributed by atoms with Crippen LogP contribution in [0.3, 0.4) is 0 Å². The van der Waals surface area contributed by atoms with Gasteiger partial charge in [-0.2, -0.15) is 0 Å². The van der Waals surface area contributed by atoms with Gasteiger partial charge in [0.05, 0.1) is 0 Å². The molecular weight excluding hydrogens is 303 g/mol. The Morgan fingerprint density at radius 2 is 2.25 bits per heavy atom. The molecule has 45 valence electrons. The van der Waals surface area contributed by atoms with Gasteiger partial charge >= 0.3 is 0 Å². The minimum atomic E-state index is 0. The average molecular weight is 307 g/mol. The van der Waals surface area contributed by atoms with Crippen molar-refractivity contribution in [2.24, 2.45) is 0 Å². The van der Waals surface area contributed by atoms with E-state index in [0.717, 1.165) is 5.02 Å². The largest absolute Gasteiger partial charge is 0.0843 e. The fraction of sp³-hybridized carbons (Fsp3) is 0. The zero-order chi connectivity index (χ0) is 5.11. The molecule has 0 aliphatic carbocycles. The summed E-state index contributed by atoms with van der Waals surface area (Å²) in [6, 6.07) is 10.0. The van der Waals surface area contributed by atoms with Gasteiger partial charge in [-0.15, -0.1) is 0 Å². The maximum Gasteiger partial charge on any atom is 0.0412 e. The summed E-state index contributed by atoms with van der Waals surface area (Å²) in [7, 11) is 0. The Bertz CT molecular complexity index is 138. The number of rotatable bonds is 0. The molecule has 0 unspecified atom stereocenters. The molecular formula is C6H4ClPt. The van der Waals surface area contributed by atoms with Crippen molar-refractivity contribution in [2.75, 3.05) is 0 Å². The standard InChI is InChI=1S/C6H4Cl.Pt/c7-6-4-2-1-3-5-6;/h1-2,4-5H;. The predicted octanol–water partition coefficient (Wildman–Crippen LogP) is 2.14. The Kier molecular flexibility index (Phi) is 4.22. The van der Waals surface area contributed by atoms with Crippen LogP contribution in [-0.2, 0) is 21.1 Å². The van der Waals surface area contributed by atoms with Crippen molar-refractivity contribution >= 4 is 11.6 Å². The van der Waals surface area contributed by atoms with E-state index in [1.165, 1.54) is 0 Å². The molecule has 1 radical (unpaired) electrons. The van der Waals surface area contributed by atoms with Gasteiger partial charge in [-0.05, 0) is 18.2 Å². The summed E-state index contributed by atoms with van der Waals surface area (Å²) in [5.74, 6) is 0. The third-order valence-electron chi connectivity index (χ3n) is 0.669. The first kappa shape index (κ1) is 8.20. The third-order valence-corrected chi connectivity index (χ3v) is 0.904. The first-order valence-electron chi connectivity index (χ1n) is 2.01. The van der Waals surface area contributed by atoms with Crippen LogP contribution in [0.5, 0.6) is 0 Å². The quantitative estimate of drug-likeness (QED) is 0.689. The van der Waals surface area contributed by atoms with Crippen LogP contribution < -0.4 is 0 Å².